The highest BCUT2D eigenvalue weighted by Gasteiger charge is 2.45. The topological polar surface area (TPSA) is 84.0 Å². The molecule has 1 aliphatic heterocycles. The Kier molecular flexibility index (Phi) is 5.93. The Morgan fingerprint density at radius 2 is 1.44 bits per heavy atom. The van der Waals surface area contributed by atoms with Crippen molar-refractivity contribution in [1.29, 1.82) is 0 Å². The van der Waals surface area contributed by atoms with Crippen LogP contribution in [-0.4, -0.2) is 39.0 Å². The standard InChI is InChI=1S/C17H18N4O2S2/c22-15-17(21-16(23)20-15,11-24-9-13-5-1-3-7-18-13)12-25-10-14-6-2-4-8-19-14/h1-8H,9-12H2,(H2,20,21,22,23). The Hall–Kier alpha value is -2.06. The first-order valence-corrected chi connectivity index (χ1v) is 10.1. The summed E-state index contributed by atoms with van der Waals surface area (Å²) in [4.78, 5) is 32.5. The van der Waals surface area contributed by atoms with E-state index in [1.807, 2.05) is 36.4 Å². The monoisotopic (exact) mass is 374 g/mol. The normalized spacial score (nSPS) is 15.7. The van der Waals surface area contributed by atoms with Crippen LogP contribution in [-0.2, 0) is 16.3 Å². The number of carbonyl (C=O) groups is 2. The Labute approximate surface area is 154 Å². The molecular weight excluding hydrogens is 356 g/mol. The smallest absolute Gasteiger partial charge is 0.322 e. The summed E-state index contributed by atoms with van der Waals surface area (Å²) < 4.78 is 0. The highest BCUT2D eigenvalue weighted by molar-refractivity contribution is 7.99. The van der Waals surface area contributed by atoms with Gasteiger partial charge in [-0.25, -0.2) is 4.79 Å². The fraction of sp³-hybridized carbons (Fsp3) is 0.294. The maximum Gasteiger partial charge on any atom is 0.322 e. The molecule has 0 radical (unpaired) electrons. The number of aromatic nitrogens is 2. The zero-order valence-corrected chi connectivity index (χ0v) is 15.1. The molecule has 6 nitrogen and oxygen atoms in total. The summed E-state index contributed by atoms with van der Waals surface area (Å²) in [7, 11) is 0. The second-order valence-corrected chi connectivity index (χ2v) is 7.59. The van der Waals surface area contributed by atoms with Crippen LogP contribution in [0.1, 0.15) is 11.4 Å². The van der Waals surface area contributed by atoms with Crippen molar-refractivity contribution >= 4 is 35.5 Å². The van der Waals surface area contributed by atoms with Crippen molar-refractivity contribution in [3.63, 3.8) is 0 Å². The van der Waals surface area contributed by atoms with Crippen LogP contribution in [0.15, 0.2) is 48.8 Å². The number of urea groups is 1. The SMILES string of the molecule is O=C1NC(=O)C(CSCc2ccccn2)(CSCc2ccccn2)N1. The van der Waals surface area contributed by atoms with Gasteiger partial charge in [-0.15, -0.1) is 0 Å². The Morgan fingerprint density at radius 1 is 0.880 bits per heavy atom. The molecule has 3 amide bonds. The van der Waals surface area contributed by atoms with E-state index in [0.717, 1.165) is 11.4 Å². The lowest BCUT2D eigenvalue weighted by Gasteiger charge is -2.25. The lowest BCUT2D eigenvalue weighted by Crippen LogP contribution is -2.51. The average Bonchev–Trinajstić information content (AvgIpc) is 2.90. The third-order valence-corrected chi connectivity index (χ3v) is 6.06. The van der Waals surface area contributed by atoms with E-state index < -0.39 is 11.6 Å². The van der Waals surface area contributed by atoms with Gasteiger partial charge in [0.2, 0.25) is 0 Å². The van der Waals surface area contributed by atoms with Gasteiger partial charge in [0, 0.05) is 35.4 Å². The van der Waals surface area contributed by atoms with Gasteiger partial charge in [0.1, 0.15) is 5.54 Å². The van der Waals surface area contributed by atoms with E-state index >= 15 is 0 Å². The van der Waals surface area contributed by atoms with E-state index in [0.29, 0.717) is 23.0 Å². The van der Waals surface area contributed by atoms with Gasteiger partial charge in [-0.1, -0.05) is 12.1 Å². The fourth-order valence-electron chi connectivity index (χ4n) is 2.40. The summed E-state index contributed by atoms with van der Waals surface area (Å²) >= 11 is 3.17. The molecule has 1 fully saturated rings. The Morgan fingerprint density at radius 3 is 1.84 bits per heavy atom. The summed E-state index contributed by atoms with van der Waals surface area (Å²) in [6.45, 7) is 0. The van der Waals surface area contributed by atoms with Crippen LogP contribution in [0.2, 0.25) is 0 Å². The molecular formula is C17H18N4O2S2. The number of imide groups is 1. The average molecular weight is 374 g/mol. The molecule has 8 heteroatoms. The quantitative estimate of drug-likeness (QED) is 0.690. The van der Waals surface area contributed by atoms with Crippen LogP contribution >= 0.6 is 23.5 Å². The summed E-state index contributed by atoms with van der Waals surface area (Å²) in [6, 6.07) is 11.1. The number of nitrogens with one attached hydrogen (secondary N) is 2. The number of carbonyl (C=O) groups excluding carboxylic acids is 2. The summed E-state index contributed by atoms with van der Waals surface area (Å²) in [6.07, 6.45) is 3.50. The van der Waals surface area contributed by atoms with Crippen LogP contribution in [0.5, 0.6) is 0 Å². The molecule has 1 saturated heterocycles. The molecule has 0 aromatic carbocycles. The lowest BCUT2D eigenvalue weighted by atomic mass is 10.1. The molecule has 1 aliphatic rings. The summed E-state index contributed by atoms with van der Waals surface area (Å²) in [5, 5.41) is 5.17. The summed E-state index contributed by atoms with van der Waals surface area (Å²) in [5.74, 6) is 2.11. The van der Waals surface area contributed by atoms with Gasteiger partial charge >= 0.3 is 6.03 Å². The van der Waals surface area contributed by atoms with Crippen molar-refractivity contribution in [1.82, 2.24) is 20.6 Å². The van der Waals surface area contributed by atoms with Crippen molar-refractivity contribution in [3.05, 3.63) is 60.2 Å². The largest absolute Gasteiger partial charge is 0.322 e. The van der Waals surface area contributed by atoms with Gasteiger partial charge in [-0.05, 0) is 24.3 Å². The highest BCUT2D eigenvalue weighted by atomic mass is 32.2. The van der Waals surface area contributed by atoms with Crippen LogP contribution in [0.4, 0.5) is 4.79 Å². The minimum Gasteiger partial charge on any atom is -0.322 e. The molecule has 3 rings (SSSR count). The maximum absolute atomic E-state index is 12.3. The van der Waals surface area contributed by atoms with Crippen LogP contribution in [0.25, 0.3) is 0 Å². The fourth-order valence-corrected chi connectivity index (χ4v) is 4.80. The molecule has 2 aromatic rings. The first-order chi connectivity index (χ1) is 12.2. The zero-order valence-electron chi connectivity index (χ0n) is 13.5. The number of hydrogen-bond acceptors (Lipinski definition) is 6. The number of rotatable bonds is 8. The second kappa shape index (κ2) is 8.35. The molecule has 0 saturated carbocycles. The van der Waals surface area contributed by atoms with E-state index in [4.69, 9.17) is 0 Å². The first kappa shape index (κ1) is 17.8. The van der Waals surface area contributed by atoms with Crippen LogP contribution in [0, 0.1) is 0 Å². The third kappa shape index (κ3) is 4.73. The maximum atomic E-state index is 12.3. The van der Waals surface area contributed by atoms with Gasteiger partial charge in [0.05, 0.1) is 11.4 Å². The van der Waals surface area contributed by atoms with E-state index in [2.05, 4.69) is 20.6 Å². The van der Waals surface area contributed by atoms with E-state index in [-0.39, 0.29) is 5.91 Å². The second-order valence-electron chi connectivity index (χ2n) is 5.62. The zero-order chi connectivity index (χ0) is 17.5. The number of nitrogens with zero attached hydrogens (tertiary/aromatic N) is 2. The molecule has 0 spiro atoms. The van der Waals surface area contributed by atoms with Gasteiger partial charge in [-0.3, -0.25) is 20.1 Å². The molecule has 130 valence electrons. The molecule has 25 heavy (non-hydrogen) atoms. The summed E-state index contributed by atoms with van der Waals surface area (Å²) in [5.41, 5.74) is 1.01. The van der Waals surface area contributed by atoms with Crippen molar-refractivity contribution in [2.24, 2.45) is 0 Å². The number of hydrogen-bond donors (Lipinski definition) is 2. The predicted octanol–water partition coefficient (Wildman–Crippen LogP) is 2.22. The molecule has 0 aliphatic carbocycles. The number of thioether (sulfide) groups is 2. The molecule has 0 unspecified atom stereocenters. The molecule has 0 bridgehead atoms. The Balaban J connectivity index is 1.58. The molecule has 0 atom stereocenters. The highest BCUT2D eigenvalue weighted by Crippen LogP contribution is 2.25. The minimum atomic E-state index is -0.893. The van der Waals surface area contributed by atoms with Gasteiger partial charge in [0.25, 0.3) is 5.91 Å². The first-order valence-electron chi connectivity index (χ1n) is 7.77. The van der Waals surface area contributed by atoms with Crippen molar-refractivity contribution in [2.45, 2.75) is 17.0 Å². The lowest BCUT2D eigenvalue weighted by molar-refractivity contribution is -0.122. The van der Waals surface area contributed by atoms with Crippen LogP contribution < -0.4 is 10.6 Å². The van der Waals surface area contributed by atoms with Gasteiger partial charge < -0.3 is 5.32 Å². The van der Waals surface area contributed by atoms with Gasteiger partial charge in [-0.2, -0.15) is 23.5 Å². The van der Waals surface area contributed by atoms with Crippen molar-refractivity contribution in [2.75, 3.05) is 11.5 Å². The van der Waals surface area contributed by atoms with E-state index in [1.165, 1.54) is 0 Å². The van der Waals surface area contributed by atoms with Gasteiger partial charge in [0.15, 0.2) is 0 Å². The minimum absolute atomic E-state index is 0.264. The molecule has 3 heterocycles. The molecule has 2 N–H and O–H groups in total. The Bertz CT molecular complexity index is 682. The van der Waals surface area contributed by atoms with Crippen molar-refractivity contribution < 1.29 is 9.59 Å². The molecule has 2 aromatic heterocycles. The van der Waals surface area contributed by atoms with Crippen molar-refractivity contribution in [3.8, 4) is 0 Å². The number of amides is 3. The van der Waals surface area contributed by atoms with E-state index in [1.54, 1.807) is 35.9 Å². The number of pyridine rings is 2. The van der Waals surface area contributed by atoms with Crippen LogP contribution in [0.3, 0.4) is 0 Å². The van der Waals surface area contributed by atoms with E-state index in [9.17, 15) is 9.59 Å². The predicted molar refractivity (Wildman–Crippen MR) is 100 cm³/mol. The third-order valence-electron chi connectivity index (χ3n) is 3.66.